The van der Waals surface area contributed by atoms with Gasteiger partial charge in [-0.15, -0.1) is 0 Å². The molecule has 3 heteroatoms. The van der Waals surface area contributed by atoms with Crippen LogP contribution in [0.3, 0.4) is 0 Å². The second-order valence-electron chi connectivity index (χ2n) is 3.91. The summed E-state index contributed by atoms with van der Waals surface area (Å²) in [5, 5.41) is 3.79. The fourth-order valence-corrected chi connectivity index (χ4v) is 2.59. The lowest BCUT2D eigenvalue weighted by Gasteiger charge is -2.25. The average molecular weight is 256 g/mol. The van der Waals surface area contributed by atoms with Gasteiger partial charge in [0.05, 0.1) is 11.2 Å². The topological polar surface area (TPSA) is 29.1 Å². The van der Waals surface area contributed by atoms with Crippen molar-refractivity contribution in [2.75, 3.05) is 11.9 Å². The van der Waals surface area contributed by atoms with Crippen molar-refractivity contribution in [3.8, 4) is 0 Å². The van der Waals surface area contributed by atoms with Crippen molar-refractivity contribution in [2.45, 2.75) is 13.3 Å². The molecule has 0 spiro atoms. The quantitative estimate of drug-likeness (QED) is 0.766. The lowest BCUT2D eigenvalue weighted by atomic mass is 9.82. The Morgan fingerprint density at radius 3 is 3.21 bits per heavy atom. The van der Waals surface area contributed by atoms with Crippen LogP contribution in [0.4, 0.5) is 0 Å². The van der Waals surface area contributed by atoms with Crippen LogP contribution in [0.25, 0.3) is 0 Å². The number of hydrogen-bond acceptors (Lipinski definition) is 2. The first-order valence-electron chi connectivity index (χ1n) is 4.98. The first kappa shape index (κ1) is 9.97. The number of hydrogen-bond donors (Lipinski definition) is 1. The second-order valence-corrected chi connectivity index (χ2v) is 4.47. The van der Waals surface area contributed by atoms with Crippen molar-refractivity contribution in [3.05, 3.63) is 23.4 Å². The van der Waals surface area contributed by atoms with E-state index in [1.165, 1.54) is 11.3 Å². The third-order valence-corrected chi connectivity index (χ3v) is 3.52. The molecule has 76 valence electrons. The summed E-state index contributed by atoms with van der Waals surface area (Å²) in [6.07, 6.45) is 5.37. The molecule has 0 saturated carbocycles. The summed E-state index contributed by atoms with van der Waals surface area (Å²) in [5.41, 5.74) is 2.49. The maximum Gasteiger partial charge on any atom is 0.152 e. The first-order valence-corrected chi connectivity index (χ1v) is 6.10. The van der Waals surface area contributed by atoms with Crippen LogP contribution in [-0.2, 0) is 4.79 Å². The van der Waals surface area contributed by atoms with E-state index >= 15 is 0 Å². The van der Waals surface area contributed by atoms with Crippen LogP contribution in [0.5, 0.6) is 0 Å². The molecule has 0 saturated heterocycles. The van der Waals surface area contributed by atoms with Crippen molar-refractivity contribution in [2.24, 2.45) is 11.8 Å². The minimum absolute atomic E-state index is 0.0527. The first-order chi connectivity index (χ1) is 6.74. The Balaban J connectivity index is 2.30. The van der Waals surface area contributed by atoms with E-state index in [4.69, 9.17) is 0 Å². The van der Waals surface area contributed by atoms with E-state index in [2.05, 4.69) is 40.3 Å². The maximum atomic E-state index is 11.8. The van der Waals surface area contributed by atoms with Gasteiger partial charge in [0.15, 0.2) is 5.78 Å². The highest BCUT2D eigenvalue weighted by molar-refractivity contribution is 9.09. The Morgan fingerprint density at radius 2 is 2.50 bits per heavy atom. The summed E-state index contributed by atoms with van der Waals surface area (Å²) in [7, 11) is 0. The van der Waals surface area contributed by atoms with Gasteiger partial charge in [0, 0.05) is 12.2 Å². The van der Waals surface area contributed by atoms with E-state index in [9.17, 15) is 4.79 Å². The fourth-order valence-electron chi connectivity index (χ4n) is 2.24. The molecule has 2 nitrogen and oxygen atoms in total. The lowest BCUT2D eigenvalue weighted by Crippen LogP contribution is -2.30. The molecule has 2 atom stereocenters. The number of alkyl halides is 1. The second kappa shape index (κ2) is 3.89. The number of ketones is 1. The molecule has 1 N–H and O–H groups in total. The zero-order valence-corrected chi connectivity index (χ0v) is 9.80. The molecule has 1 aliphatic carbocycles. The Bertz CT molecular complexity index is 319. The van der Waals surface area contributed by atoms with E-state index in [0.717, 1.165) is 13.0 Å². The molecule has 0 radical (unpaired) electrons. The highest BCUT2D eigenvalue weighted by Crippen LogP contribution is 2.33. The number of halogens is 1. The van der Waals surface area contributed by atoms with Gasteiger partial charge >= 0.3 is 0 Å². The number of rotatable bonds is 2. The molecule has 0 aromatic rings. The summed E-state index contributed by atoms with van der Waals surface area (Å²) < 4.78 is 0. The van der Waals surface area contributed by atoms with Gasteiger partial charge in [-0.2, -0.15) is 0 Å². The third-order valence-electron chi connectivity index (χ3n) is 2.97. The molecule has 0 bridgehead atoms. The molecule has 1 aliphatic heterocycles. The molecular weight excluding hydrogens is 242 g/mol. The van der Waals surface area contributed by atoms with Gasteiger partial charge in [-0.25, -0.2) is 0 Å². The predicted molar refractivity (Wildman–Crippen MR) is 60.2 cm³/mol. The number of carbonyl (C=O) groups excluding carboxylic acids is 1. The van der Waals surface area contributed by atoms with E-state index in [1.54, 1.807) is 0 Å². The smallest absolute Gasteiger partial charge is 0.152 e. The monoisotopic (exact) mass is 255 g/mol. The minimum Gasteiger partial charge on any atom is -0.387 e. The number of allylic oxidation sites excluding steroid dienone is 3. The summed E-state index contributed by atoms with van der Waals surface area (Å²) in [6, 6.07) is 0. The molecule has 0 aromatic heterocycles. The van der Waals surface area contributed by atoms with Crippen LogP contribution < -0.4 is 5.32 Å². The molecule has 0 fully saturated rings. The molecule has 0 amide bonds. The Labute approximate surface area is 92.6 Å². The molecule has 2 rings (SSSR count). The zero-order chi connectivity index (χ0) is 10.1. The van der Waals surface area contributed by atoms with Gasteiger partial charge in [0.1, 0.15) is 0 Å². The van der Waals surface area contributed by atoms with Crippen LogP contribution in [0, 0.1) is 11.8 Å². The van der Waals surface area contributed by atoms with Crippen LogP contribution in [0.2, 0.25) is 0 Å². The number of Topliss-reactive ketones (excluding diaryl/α,β-unsaturated/α-hetero) is 1. The summed E-state index contributed by atoms with van der Waals surface area (Å²) in [4.78, 5) is 11.8. The van der Waals surface area contributed by atoms with Gasteiger partial charge in [0.2, 0.25) is 0 Å². The number of carbonyl (C=O) groups is 1. The van der Waals surface area contributed by atoms with Crippen molar-refractivity contribution >= 4 is 21.7 Å². The molecule has 1 heterocycles. The van der Waals surface area contributed by atoms with Crippen LogP contribution in [0.1, 0.15) is 13.3 Å². The average Bonchev–Trinajstić information content (AvgIpc) is 2.64. The van der Waals surface area contributed by atoms with Crippen molar-refractivity contribution in [1.82, 2.24) is 5.32 Å². The maximum absolute atomic E-state index is 11.8. The molecule has 14 heavy (non-hydrogen) atoms. The summed E-state index contributed by atoms with van der Waals surface area (Å²) >= 11 is 3.25. The van der Waals surface area contributed by atoms with E-state index < -0.39 is 0 Å². The zero-order valence-electron chi connectivity index (χ0n) is 8.22. The van der Waals surface area contributed by atoms with Crippen LogP contribution >= 0.6 is 15.9 Å². The Hall–Kier alpha value is -0.570. The number of nitrogens with one attached hydrogen (secondary N) is 1. The molecular formula is C11H14BrNO. The van der Waals surface area contributed by atoms with E-state index in [0.29, 0.717) is 11.2 Å². The van der Waals surface area contributed by atoms with Crippen molar-refractivity contribution in [3.63, 3.8) is 0 Å². The van der Waals surface area contributed by atoms with Gasteiger partial charge in [-0.1, -0.05) is 35.0 Å². The van der Waals surface area contributed by atoms with Gasteiger partial charge in [-0.05, 0) is 17.9 Å². The highest BCUT2D eigenvalue weighted by Gasteiger charge is 2.32. The molecule has 0 aromatic carbocycles. The van der Waals surface area contributed by atoms with E-state index in [-0.39, 0.29) is 11.7 Å². The lowest BCUT2D eigenvalue weighted by molar-refractivity contribution is -0.120. The van der Waals surface area contributed by atoms with Crippen LogP contribution in [-0.4, -0.2) is 17.7 Å². The summed E-state index contributed by atoms with van der Waals surface area (Å²) in [5.74, 6) is 0.657. The SMILES string of the molecule is CC1C=CC2=C(NCC2)C1C(=O)CBr. The van der Waals surface area contributed by atoms with Gasteiger partial charge in [0.25, 0.3) is 0 Å². The summed E-state index contributed by atoms with van der Waals surface area (Å²) in [6.45, 7) is 3.08. The predicted octanol–water partition coefficient (Wildman–Crippen LogP) is 2.02. The van der Waals surface area contributed by atoms with Gasteiger partial charge in [-0.3, -0.25) is 4.79 Å². The highest BCUT2D eigenvalue weighted by atomic mass is 79.9. The Kier molecular flexibility index (Phi) is 2.77. The fraction of sp³-hybridized carbons (Fsp3) is 0.545. The van der Waals surface area contributed by atoms with Crippen molar-refractivity contribution < 1.29 is 4.79 Å². The Morgan fingerprint density at radius 1 is 1.71 bits per heavy atom. The molecule has 2 unspecified atom stereocenters. The molecule has 2 aliphatic rings. The standard InChI is InChI=1S/C11H14BrNO/c1-7-2-3-8-4-5-13-11(8)10(7)9(14)6-12/h2-3,7,10,13H,4-6H2,1H3. The largest absolute Gasteiger partial charge is 0.387 e. The third kappa shape index (κ3) is 1.54. The normalized spacial score (nSPS) is 30.1. The van der Waals surface area contributed by atoms with Crippen LogP contribution in [0.15, 0.2) is 23.4 Å². The minimum atomic E-state index is 0.0527. The van der Waals surface area contributed by atoms with Crippen molar-refractivity contribution in [1.29, 1.82) is 0 Å². The van der Waals surface area contributed by atoms with E-state index in [1.807, 2.05) is 0 Å². The van der Waals surface area contributed by atoms with Gasteiger partial charge < -0.3 is 5.32 Å².